The van der Waals surface area contributed by atoms with Crippen molar-refractivity contribution >= 4 is 5.97 Å². The normalized spacial score (nSPS) is 10.7. The zero-order valence-electron chi connectivity index (χ0n) is 11.7. The summed E-state index contributed by atoms with van der Waals surface area (Å²) >= 11 is 0. The van der Waals surface area contributed by atoms with Crippen molar-refractivity contribution in [3.05, 3.63) is 71.3 Å². The van der Waals surface area contributed by atoms with Crippen LogP contribution in [-0.4, -0.2) is 5.97 Å². The Hall–Kier alpha value is -2.97. The molecule has 21 heavy (non-hydrogen) atoms. The van der Waals surface area contributed by atoms with Crippen molar-refractivity contribution in [1.82, 2.24) is 0 Å². The van der Waals surface area contributed by atoms with Gasteiger partial charge in [-0.25, -0.2) is 0 Å². The first-order chi connectivity index (χ1) is 10.2. The van der Waals surface area contributed by atoms with Crippen LogP contribution in [0.4, 0.5) is 0 Å². The number of hydrogen-bond acceptors (Lipinski definition) is 2. The van der Waals surface area contributed by atoms with E-state index in [0.717, 1.165) is 11.1 Å². The fourth-order valence-corrected chi connectivity index (χ4v) is 1.86. The van der Waals surface area contributed by atoms with Crippen molar-refractivity contribution in [3.8, 4) is 24.2 Å². The number of hydrogen-bond donors (Lipinski definition) is 0. The lowest BCUT2D eigenvalue weighted by Gasteiger charge is -2.13. The molecule has 2 aromatic rings. The third-order valence-electron chi connectivity index (χ3n) is 2.80. The third-order valence-corrected chi connectivity index (χ3v) is 2.80. The van der Waals surface area contributed by atoms with Crippen LogP contribution in [-0.2, 0) is 9.53 Å². The van der Waals surface area contributed by atoms with Gasteiger partial charge in [-0.1, -0.05) is 48.2 Å². The van der Waals surface area contributed by atoms with E-state index in [-0.39, 0.29) is 0 Å². The lowest BCUT2D eigenvalue weighted by atomic mass is 10.0. The Morgan fingerprint density at radius 1 is 1.10 bits per heavy atom. The second kappa shape index (κ2) is 6.98. The zero-order valence-corrected chi connectivity index (χ0v) is 11.7. The first-order valence-electron chi connectivity index (χ1n) is 6.50. The smallest absolute Gasteiger partial charge is 0.304 e. The van der Waals surface area contributed by atoms with E-state index in [9.17, 15) is 4.79 Å². The predicted octanol–water partition coefficient (Wildman–Crippen LogP) is 3.32. The van der Waals surface area contributed by atoms with Crippen LogP contribution in [0.1, 0.15) is 29.7 Å². The topological polar surface area (TPSA) is 26.3 Å². The molecule has 2 aromatic carbocycles. The molecule has 2 rings (SSSR count). The first kappa shape index (κ1) is 14.4. The van der Waals surface area contributed by atoms with Gasteiger partial charge in [0.15, 0.2) is 6.10 Å². The second-order valence-electron chi connectivity index (χ2n) is 4.36. The predicted molar refractivity (Wildman–Crippen MR) is 82.2 cm³/mol. The molecule has 0 aliphatic rings. The Balaban J connectivity index is 2.38. The van der Waals surface area contributed by atoms with Gasteiger partial charge in [-0.05, 0) is 24.1 Å². The van der Waals surface area contributed by atoms with E-state index in [0.29, 0.717) is 5.56 Å². The average Bonchev–Trinajstić information content (AvgIpc) is 2.52. The molecule has 0 bridgehead atoms. The summed E-state index contributed by atoms with van der Waals surface area (Å²) in [7, 11) is 0. The quantitative estimate of drug-likeness (QED) is 0.620. The SMILES string of the molecule is C#Cc1ccccc1C(C#Cc1ccccc1)OC(C)=O. The molecule has 0 fully saturated rings. The maximum absolute atomic E-state index is 11.3. The van der Waals surface area contributed by atoms with Crippen LogP contribution in [0.2, 0.25) is 0 Å². The van der Waals surface area contributed by atoms with Gasteiger partial charge in [0.2, 0.25) is 0 Å². The summed E-state index contributed by atoms with van der Waals surface area (Å²) in [5.41, 5.74) is 2.25. The number of carbonyl (C=O) groups is 1. The van der Waals surface area contributed by atoms with E-state index in [1.54, 1.807) is 6.07 Å². The van der Waals surface area contributed by atoms with E-state index in [1.165, 1.54) is 6.92 Å². The van der Waals surface area contributed by atoms with E-state index in [2.05, 4.69) is 17.8 Å². The Bertz CT molecular complexity index is 727. The standard InChI is InChI=1S/C19H14O2/c1-3-17-11-7-8-12-18(17)19(21-15(2)20)14-13-16-9-5-4-6-10-16/h1,4-12,19H,2H3. The van der Waals surface area contributed by atoms with Crippen molar-refractivity contribution in [1.29, 1.82) is 0 Å². The minimum atomic E-state index is -0.671. The molecule has 0 spiro atoms. The maximum Gasteiger partial charge on any atom is 0.304 e. The molecule has 2 heteroatoms. The molecular weight excluding hydrogens is 260 g/mol. The van der Waals surface area contributed by atoms with Crippen molar-refractivity contribution in [3.63, 3.8) is 0 Å². The Labute approximate surface area is 124 Å². The van der Waals surface area contributed by atoms with Gasteiger partial charge in [0.1, 0.15) is 0 Å². The van der Waals surface area contributed by atoms with Gasteiger partial charge in [-0.3, -0.25) is 4.79 Å². The summed E-state index contributed by atoms with van der Waals surface area (Å²) in [4.78, 5) is 11.3. The number of esters is 1. The fraction of sp³-hybridized carbons (Fsp3) is 0.105. The molecule has 0 aromatic heterocycles. The highest BCUT2D eigenvalue weighted by molar-refractivity contribution is 5.67. The lowest BCUT2D eigenvalue weighted by molar-refractivity contribution is -0.144. The number of benzene rings is 2. The van der Waals surface area contributed by atoms with Crippen molar-refractivity contribution in [2.75, 3.05) is 0 Å². The molecule has 0 amide bonds. The second-order valence-corrected chi connectivity index (χ2v) is 4.36. The van der Waals surface area contributed by atoms with Crippen LogP contribution < -0.4 is 0 Å². The highest BCUT2D eigenvalue weighted by Crippen LogP contribution is 2.21. The van der Waals surface area contributed by atoms with Crippen LogP contribution in [0.5, 0.6) is 0 Å². The van der Waals surface area contributed by atoms with Gasteiger partial charge >= 0.3 is 5.97 Å². The number of rotatable bonds is 2. The van der Waals surface area contributed by atoms with E-state index < -0.39 is 12.1 Å². The molecule has 0 saturated carbocycles. The molecule has 1 atom stereocenters. The summed E-state index contributed by atoms with van der Waals surface area (Å²) in [5, 5.41) is 0. The fourth-order valence-electron chi connectivity index (χ4n) is 1.86. The van der Waals surface area contributed by atoms with Crippen molar-refractivity contribution in [2.24, 2.45) is 0 Å². The van der Waals surface area contributed by atoms with Gasteiger partial charge in [-0.15, -0.1) is 6.42 Å². The van der Waals surface area contributed by atoms with Crippen LogP contribution in [0.25, 0.3) is 0 Å². The molecule has 102 valence electrons. The molecule has 1 unspecified atom stereocenters. The Morgan fingerprint density at radius 3 is 2.43 bits per heavy atom. The van der Waals surface area contributed by atoms with Crippen molar-refractivity contribution in [2.45, 2.75) is 13.0 Å². The van der Waals surface area contributed by atoms with E-state index >= 15 is 0 Å². The highest BCUT2D eigenvalue weighted by atomic mass is 16.5. The molecular formula is C19H14O2. The molecule has 2 nitrogen and oxygen atoms in total. The van der Waals surface area contributed by atoms with Gasteiger partial charge in [0.25, 0.3) is 0 Å². The summed E-state index contributed by atoms with van der Waals surface area (Å²) in [5.74, 6) is 8.17. The first-order valence-corrected chi connectivity index (χ1v) is 6.50. The molecule has 0 heterocycles. The molecule has 0 saturated heterocycles. The molecule has 0 N–H and O–H groups in total. The van der Waals surface area contributed by atoms with Crippen molar-refractivity contribution < 1.29 is 9.53 Å². The minimum absolute atomic E-state index is 0.394. The number of carbonyl (C=O) groups excluding carboxylic acids is 1. The number of terminal acetylenes is 1. The monoisotopic (exact) mass is 274 g/mol. The molecule has 0 aliphatic carbocycles. The summed E-state index contributed by atoms with van der Waals surface area (Å²) in [6.07, 6.45) is 4.82. The molecule has 0 radical (unpaired) electrons. The Morgan fingerprint density at radius 2 is 1.76 bits per heavy atom. The number of ether oxygens (including phenoxy) is 1. The average molecular weight is 274 g/mol. The summed E-state index contributed by atoms with van der Waals surface area (Å²) < 4.78 is 5.29. The maximum atomic E-state index is 11.3. The Kier molecular flexibility index (Phi) is 4.80. The third kappa shape index (κ3) is 4.00. The summed E-state index contributed by atoms with van der Waals surface area (Å²) in [6, 6.07) is 16.8. The van der Waals surface area contributed by atoms with E-state index in [4.69, 9.17) is 11.2 Å². The van der Waals surface area contributed by atoms with Gasteiger partial charge in [0, 0.05) is 23.6 Å². The van der Waals surface area contributed by atoms with Gasteiger partial charge in [-0.2, -0.15) is 0 Å². The van der Waals surface area contributed by atoms with Crippen LogP contribution in [0.3, 0.4) is 0 Å². The zero-order chi connectivity index (χ0) is 15.1. The summed E-state index contributed by atoms with van der Waals surface area (Å²) in [6.45, 7) is 1.36. The van der Waals surface area contributed by atoms with Crippen LogP contribution in [0.15, 0.2) is 54.6 Å². The largest absolute Gasteiger partial charge is 0.444 e. The minimum Gasteiger partial charge on any atom is -0.444 e. The van der Waals surface area contributed by atoms with Gasteiger partial charge in [0.05, 0.1) is 0 Å². The van der Waals surface area contributed by atoms with Crippen LogP contribution >= 0.6 is 0 Å². The van der Waals surface area contributed by atoms with Crippen LogP contribution in [0, 0.1) is 24.2 Å². The highest BCUT2D eigenvalue weighted by Gasteiger charge is 2.14. The van der Waals surface area contributed by atoms with E-state index in [1.807, 2.05) is 48.5 Å². The molecule has 0 aliphatic heterocycles. The lowest BCUT2D eigenvalue weighted by Crippen LogP contribution is -2.08. The van der Waals surface area contributed by atoms with Gasteiger partial charge < -0.3 is 4.74 Å².